The first-order valence-corrected chi connectivity index (χ1v) is 6.98. The molecule has 0 heterocycles. The smallest absolute Gasteiger partial charge is 0.310 e. The second kappa shape index (κ2) is 6.49. The number of ether oxygens (including phenoxy) is 1. The fourth-order valence-corrected chi connectivity index (χ4v) is 2.06. The van der Waals surface area contributed by atoms with Gasteiger partial charge in [-0.2, -0.15) is 0 Å². The van der Waals surface area contributed by atoms with Crippen molar-refractivity contribution in [3.63, 3.8) is 0 Å². The number of halogens is 1. The van der Waals surface area contributed by atoms with Crippen LogP contribution in [-0.2, 0) is 0 Å². The van der Waals surface area contributed by atoms with Crippen molar-refractivity contribution in [3.05, 3.63) is 68.7 Å². The van der Waals surface area contributed by atoms with Gasteiger partial charge >= 0.3 is 5.69 Å². The number of nitrogens with zero attached hydrogens (tertiary/aromatic N) is 1. The van der Waals surface area contributed by atoms with E-state index in [1.54, 1.807) is 43.3 Å². The van der Waals surface area contributed by atoms with Crippen LogP contribution in [0.1, 0.15) is 17.3 Å². The second-order valence-electron chi connectivity index (χ2n) is 4.36. The summed E-state index contributed by atoms with van der Waals surface area (Å²) in [7, 11) is 0. The zero-order valence-corrected chi connectivity index (χ0v) is 12.7. The van der Waals surface area contributed by atoms with Crippen LogP contribution in [0, 0.1) is 10.1 Å². The van der Waals surface area contributed by atoms with Crippen LogP contribution in [-0.4, -0.2) is 16.8 Å². The predicted octanol–water partition coefficient (Wildman–Crippen LogP) is 4.01. The Kier molecular flexibility index (Phi) is 4.70. The molecule has 0 saturated heterocycles. The van der Waals surface area contributed by atoms with Gasteiger partial charge in [0.15, 0.2) is 11.9 Å². The molecule has 0 aliphatic rings. The molecule has 0 unspecified atom stereocenters. The summed E-state index contributed by atoms with van der Waals surface area (Å²) in [6.07, 6.45) is -0.813. The lowest BCUT2D eigenvalue weighted by Crippen LogP contribution is -2.24. The van der Waals surface area contributed by atoms with E-state index in [1.165, 1.54) is 12.1 Å². The van der Waals surface area contributed by atoms with Crippen molar-refractivity contribution in [2.45, 2.75) is 13.0 Å². The van der Waals surface area contributed by atoms with Crippen LogP contribution in [0.15, 0.2) is 53.0 Å². The molecule has 0 aliphatic heterocycles. The molecule has 0 amide bonds. The Hall–Kier alpha value is -2.21. The van der Waals surface area contributed by atoms with Crippen molar-refractivity contribution < 1.29 is 14.5 Å². The largest absolute Gasteiger partial charge is 0.475 e. The fourth-order valence-electron chi connectivity index (χ4n) is 1.80. The molecule has 0 saturated carbocycles. The van der Waals surface area contributed by atoms with Crippen LogP contribution in [0.25, 0.3) is 0 Å². The van der Waals surface area contributed by atoms with Crippen LogP contribution in [0.5, 0.6) is 5.75 Å². The van der Waals surface area contributed by atoms with E-state index >= 15 is 0 Å². The van der Waals surface area contributed by atoms with Gasteiger partial charge < -0.3 is 4.74 Å². The highest BCUT2D eigenvalue weighted by molar-refractivity contribution is 9.10. The molecule has 0 N–H and O–H groups in total. The van der Waals surface area contributed by atoms with E-state index in [0.717, 1.165) is 4.47 Å². The molecule has 0 spiro atoms. The summed E-state index contributed by atoms with van der Waals surface area (Å²) in [5, 5.41) is 10.9. The maximum atomic E-state index is 12.2. The zero-order chi connectivity index (χ0) is 15.4. The number of para-hydroxylation sites is 2. The third-order valence-electron chi connectivity index (χ3n) is 2.86. The van der Waals surface area contributed by atoms with Gasteiger partial charge in [0.2, 0.25) is 5.78 Å². The molecule has 108 valence electrons. The highest BCUT2D eigenvalue weighted by Crippen LogP contribution is 2.27. The van der Waals surface area contributed by atoms with Crippen molar-refractivity contribution in [2.75, 3.05) is 0 Å². The molecule has 21 heavy (non-hydrogen) atoms. The molecule has 2 rings (SSSR count). The number of nitro groups is 1. The Morgan fingerprint density at radius 3 is 2.43 bits per heavy atom. The highest BCUT2D eigenvalue weighted by Gasteiger charge is 2.21. The number of carbonyl (C=O) groups is 1. The maximum Gasteiger partial charge on any atom is 0.310 e. The summed E-state index contributed by atoms with van der Waals surface area (Å²) >= 11 is 3.29. The number of hydrogen-bond donors (Lipinski definition) is 0. The Morgan fingerprint density at radius 2 is 1.81 bits per heavy atom. The molecule has 1 atom stereocenters. The number of benzene rings is 2. The van der Waals surface area contributed by atoms with Gasteiger partial charge in [0, 0.05) is 16.1 Å². The molecule has 2 aromatic rings. The van der Waals surface area contributed by atoms with E-state index in [9.17, 15) is 14.9 Å². The lowest BCUT2D eigenvalue weighted by Gasteiger charge is -2.13. The van der Waals surface area contributed by atoms with Crippen molar-refractivity contribution in [1.29, 1.82) is 0 Å². The molecule has 0 bridgehead atoms. The third kappa shape index (κ3) is 3.66. The van der Waals surface area contributed by atoms with Crippen molar-refractivity contribution >= 4 is 27.4 Å². The van der Waals surface area contributed by atoms with E-state index in [-0.39, 0.29) is 17.2 Å². The van der Waals surface area contributed by atoms with Crippen molar-refractivity contribution in [3.8, 4) is 5.75 Å². The van der Waals surface area contributed by atoms with Crippen LogP contribution in [0.3, 0.4) is 0 Å². The molecule has 2 aromatic carbocycles. The number of ketones is 1. The first-order valence-electron chi connectivity index (χ1n) is 6.19. The monoisotopic (exact) mass is 349 g/mol. The van der Waals surface area contributed by atoms with Crippen molar-refractivity contribution in [1.82, 2.24) is 0 Å². The molecule has 6 heteroatoms. The van der Waals surface area contributed by atoms with E-state index in [1.807, 2.05) is 0 Å². The average molecular weight is 350 g/mol. The van der Waals surface area contributed by atoms with Gasteiger partial charge in [-0.3, -0.25) is 14.9 Å². The van der Waals surface area contributed by atoms with E-state index in [0.29, 0.717) is 5.56 Å². The van der Waals surface area contributed by atoms with Crippen LogP contribution < -0.4 is 4.74 Å². The van der Waals surface area contributed by atoms with Crippen molar-refractivity contribution in [2.24, 2.45) is 0 Å². The Balaban J connectivity index is 2.18. The summed E-state index contributed by atoms with van der Waals surface area (Å²) in [6.45, 7) is 1.57. The normalized spacial score (nSPS) is 11.7. The fraction of sp³-hybridized carbons (Fsp3) is 0.133. The lowest BCUT2D eigenvalue weighted by atomic mass is 10.1. The number of carbonyl (C=O) groups excluding carboxylic acids is 1. The van der Waals surface area contributed by atoms with Gasteiger partial charge in [-0.25, -0.2) is 0 Å². The summed E-state index contributed by atoms with van der Waals surface area (Å²) in [6, 6.07) is 12.8. The summed E-state index contributed by atoms with van der Waals surface area (Å²) in [5.74, 6) is -0.152. The molecular weight excluding hydrogens is 338 g/mol. The number of Topliss-reactive ketones (excluding diaryl/α,β-unsaturated/α-hetero) is 1. The summed E-state index contributed by atoms with van der Waals surface area (Å²) in [5.41, 5.74) is 0.331. The predicted molar refractivity (Wildman–Crippen MR) is 81.7 cm³/mol. The van der Waals surface area contributed by atoms with Gasteiger partial charge in [-0.1, -0.05) is 40.2 Å². The quantitative estimate of drug-likeness (QED) is 0.464. The number of hydrogen-bond acceptors (Lipinski definition) is 4. The van der Waals surface area contributed by atoms with Gasteiger partial charge in [0.25, 0.3) is 0 Å². The van der Waals surface area contributed by atoms with Gasteiger partial charge in [0.05, 0.1) is 4.92 Å². The Morgan fingerprint density at radius 1 is 1.19 bits per heavy atom. The maximum absolute atomic E-state index is 12.2. The third-order valence-corrected chi connectivity index (χ3v) is 3.39. The molecule has 0 aliphatic carbocycles. The molecule has 5 nitrogen and oxygen atoms in total. The van der Waals surface area contributed by atoms with Crippen LogP contribution in [0.4, 0.5) is 5.69 Å². The zero-order valence-electron chi connectivity index (χ0n) is 11.2. The standard InChI is InChI=1S/C15H12BrNO4/c1-10(15(18)11-6-8-12(16)9-7-11)21-14-5-3-2-4-13(14)17(19)20/h2-10H,1H3/t10-/m1/s1. The topological polar surface area (TPSA) is 69.4 Å². The molecular formula is C15H12BrNO4. The van der Waals surface area contributed by atoms with Gasteiger partial charge in [0.1, 0.15) is 0 Å². The molecule has 0 aromatic heterocycles. The van der Waals surface area contributed by atoms with Crippen LogP contribution in [0.2, 0.25) is 0 Å². The Bertz CT molecular complexity index is 670. The molecule has 0 fully saturated rings. The van der Waals surface area contributed by atoms with Gasteiger partial charge in [-0.15, -0.1) is 0 Å². The van der Waals surface area contributed by atoms with E-state index in [4.69, 9.17) is 4.74 Å². The molecule has 0 radical (unpaired) electrons. The Labute approximate surface area is 129 Å². The van der Waals surface area contributed by atoms with Crippen LogP contribution >= 0.6 is 15.9 Å². The highest BCUT2D eigenvalue weighted by atomic mass is 79.9. The first kappa shape index (κ1) is 15.2. The second-order valence-corrected chi connectivity index (χ2v) is 5.27. The van der Waals surface area contributed by atoms with Gasteiger partial charge in [-0.05, 0) is 25.1 Å². The number of nitro benzene ring substituents is 1. The first-order chi connectivity index (χ1) is 9.99. The minimum atomic E-state index is -0.813. The van der Waals surface area contributed by atoms with E-state index in [2.05, 4.69) is 15.9 Å². The minimum Gasteiger partial charge on any atom is -0.475 e. The average Bonchev–Trinajstić information content (AvgIpc) is 2.47. The lowest BCUT2D eigenvalue weighted by molar-refractivity contribution is -0.386. The minimum absolute atomic E-state index is 0.0838. The SMILES string of the molecule is C[C@@H](Oc1ccccc1[N+](=O)[O-])C(=O)c1ccc(Br)cc1. The summed E-state index contributed by atoms with van der Waals surface area (Å²) in [4.78, 5) is 22.6. The number of rotatable bonds is 5. The van der Waals surface area contributed by atoms with E-state index < -0.39 is 11.0 Å². The summed E-state index contributed by atoms with van der Waals surface area (Å²) < 4.78 is 6.32.